The van der Waals surface area contributed by atoms with Gasteiger partial charge in [0.2, 0.25) is 5.88 Å². The van der Waals surface area contributed by atoms with Crippen molar-refractivity contribution in [2.45, 2.75) is 13.8 Å². The molecule has 0 atom stereocenters. The average molecular weight is 394 g/mol. The number of para-hydroxylation sites is 1. The molecule has 8 heteroatoms. The van der Waals surface area contributed by atoms with Gasteiger partial charge >= 0.3 is 0 Å². The molecule has 28 heavy (non-hydrogen) atoms. The third kappa shape index (κ3) is 3.05. The van der Waals surface area contributed by atoms with Crippen molar-refractivity contribution in [1.29, 1.82) is 0 Å². The maximum atomic E-state index is 12.8. The molecule has 2 heterocycles. The highest BCUT2D eigenvalue weighted by molar-refractivity contribution is 6.31. The van der Waals surface area contributed by atoms with E-state index in [-0.39, 0.29) is 11.4 Å². The number of halogens is 1. The number of aromatic nitrogens is 4. The lowest BCUT2D eigenvalue weighted by Crippen LogP contribution is -2.20. The number of fused-ring (bicyclic) bond motifs is 1. The fraction of sp³-hybridized carbons (Fsp3) is 0.100. The van der Waals surface area contributed by atoms with E-state index in [2.05, 4.69) is 15.2 Å². The van der Waals surface area contributed by atoms with Crippen molar-refractivity contribution in [2.24, 2.45) is 5.10 Å². The Morgan fingerprint density at radius 1 is 1.14 bits per heavy atom. The molecule has 0 radical (unpaired) electrons. The summed E-state index contributed by atoms with van der Waals surface area (Å²) in [6, 6.07) is 14.2. The summed E-state index contributed by atoms with van der Waals surface area (Å²) in [4.78, 5) is 17.1. The van der Waals surface area contributed by atoms with Gasteiger partial charge in [-0.05, 0) is 44.2 Å². The highest BCUT2D eigenvalue weighted by Gasteiger charge is 2.14. The van der Waals surface area contributed by atoms with E-state index < -0.39 is 0 Å². The van der Waals surface area contributed by atoms with Crippen molar-refractivity contribution in [2.75, 3.05) is 0 Å². The van der Waals surface area contributed by atoms with Crippen LogP contribution in [0.4, 0.5) is 0 Å². The van der Waals surface area contributed by atoms with Crippen molar-refractivity contribution in [3.8, 4) is 11.6 Å². The molecule has 0 unspecified atom stereocenters. The Morgan fingerprint density at radius 3 is 2.64 bits per heavy atom. The first kappa shape index (κ1) is 17.9. The van der Waals surface area contributed by atoms with Crippen LogP contribution in [0.5, 0.6) is 5.88 Å². The number of nitrogens with zero attached hydrogens (tertiary/aromatic N) is 5. The van der Waals surface area contributed by atoms with E-state index in [1.165, 1.54) is 15.6 Å². The fourth-order valence-electron chi connectivity index (χ4n) is 2.94. The molecule has 4 aromatic rings. The molecule has 7 nitrogen and oxygen atoms in total. The largest absolute Gasteiger partial charge is 0.493 e. The van der Waals surface area contributed by atoms with Gasteiger partial charge in [0.05, 0.1) is 34.1 Å². The van der Waals surface area contributed by atoms with Crippen LogP contribution in [0.1, 0.15) is 17.1 Å². The normalized spacial score (nSPS) is 11.5. The van der Waals surface area contributed by atoms with Crippen LogP contribution >= 0.6 is 11.6 Å². The maximum absolute atomic E-state index is 12.8. The molecule has 0 amide bonds. The quantitative estimate of drug-likeness (QED) is 0.540. The zero-order chi connectivity index (χ0) is 19.8. The topological polar surface area (TPSA) is 85.3 Å². The van der Waals surface area contributed by atoms with Crippen molar-refractivity contribution < 1.29 is 5.11 Å². The predicted octanol–water partition coefficient (Wildman–Crippen LogP) is 3.44. The van der Waals surface area contributed by atoms with Gasteiger partial charge in [-0.1, -0.05) is 29.8 Å². The molecule has 0 aliphatic carbocycles. The first-order valence-electron chi connectivity index (χ1n) is 8.53. The van der Waals surface area contributed by atoms with Crippen molar-refractivity contribution in [1.82, 2.24) is 19.4 Å². The maximum Gasteiger partial charge on any atom is 0.282 e. The third-order valence-electron chi connectivity index (χ3n) is 4.36. The van der Waals surface area contributed by atoms with E-state index >= 15 is 0 Å². The molecule has 1 N–H and O–H groups in total. The summed E-state index contributed by atoms with van der Waals surface area (Å²) < 4.78 is 2.61. The number of aromatic hydroxyl groups is 1. The molecular weight excluding hydrogens is 378 g/mol. The third-order valence-corrected chi connectivity index (χ3v) is 4.59. The fourth-order valence-corrected chi connectivity index (χ4v) is 3.11. The Hall–Kier alpha value is -3.45. The van der Waals surface area contributed by atoms with Crippen molar-refractivity contribution >= 4 is 28.7 Å². The molecular formula is C20H16ClN5O2. The van der Waals surface area contributed by atoms with Crippen molar-refractivity contribution in [3.63, 3.8) is 0 Å². The van der Waals surface area contributed by atoms with E-state index in [1.807, 2.05) is 30.3 Å². The van der Waals surface area contributed by atoms with E-state index in [4.69, 9.17) is 11.6 Å². The zero-order valence-electron chi connectivity index (χ0n) is 15.2. The Kier molecular flexibility index (Phi) is 4.44. The number of rotatable bonds is 3. The van der Waals surface area contributed by atoms with Gasteiger partial charge in [0, 0.05) is 5.02 Å². The molecule has 0 aliphatic rings. The van der Waals surface area contributed by atoms with Gasteiger partial charge in [0.25, 0.3) is 5.56 Å². The second-order valence-corrected chi connectivity index (χ2v) is 6.69. The summed E-state index contributed by atoms with van der Waals surface area (Å²) in [7, 11) is 0. The summed E-state index contributed by atoms with van der Waals surface area (Å²) in [5.74, 6) is 0.349. The summed E-state index contributed by atoms with van der Waals surface area (Å²) in [6.07, 6.45) is 1.41. The van der Waals surface area contributed by atoms with Gasteiger partial charge in [-0.15, -0.1) is 0 Å². The molecule has 0 aliphatic heterocycles. The highest BCUT2D eigenvalue weighted by Crippen LogP contribution is 2.23. The van der Waals surface area contributed by atoms with Gasteiger partial charge in [-0.25, -0.2) is 9.67 Å². The van der Waals surface area contributed by atoms with E-state index in [0.717, 1.165) is 5.69 Å². The van der Waals surface area contributed by atoms with Gasteiger partial charge in [0.15, 0.2) is 0 Å². The van der Waals surface area contributed by atoms with Crippen LogP contribution in [-0.2, 0) is 0 Å². The first-order valence-corrected chi connectivity index (χ1v) is 8.91. The van der Waals surface area contributed by atoms with Crippen LogP contribution in [0.2, 0.25) is 5.02 Å². The molecule has 2 aromatic carbocycles. The SMILES string of the molecule is Cc1nn(-c2ccccc2)c(O)c1C=Nn1c(C)nc2cc(Cl)ccc2c1=O. The number of benzene rings is 2. The second-order valence-electron chi connectivity index (χ2n) is 6.25. The lowest BCUT2D eigenvalue weighted by Gasteiger charge is -2.05. The van der Waals surface area contributed by atoms with Crippen LogP contribution in [0, 0.1) is 13.8 Å². The van der Waals surface area contributed by atoms with E-state index in [1.54, 1.807) is 32.0 Å². The molecule has 0 saturated heterocycles. The number of hydrogen-bond acceptors (Lipinski definition) is 5. The number of aryl methyl sites for hydroxylation is 2. The van der Waals surface area contributed by atoms with Gasteiger partial charge < -0.3 is 5.11 Å². The molecule has 0 saturated carbocycles. The Labute approximate surface area is 165 Å². The minimum absolute atomic E-state index is 0.0568. The molecule has 0 bridgehead atoms. The Bertz CT molecular complexity index is 1280. The van der Waals surface area contributed by atoms with E-state index in [0.29, 0.717) is 33.0 Å². The second kappa shape index (κ2) is 6.94. The summed E-state index contributed by atoms with van der Waals surface area (Å²) in [6.45, 7) is 3.44. The monoisotopic (exact) mass is 393 g/mol. The Morgan fingerprint density at radius 2 is 1.89 bits per heavy atom. The Balaban J connectivity index is 1.79. The standard InChI is InChI=1S/C20H16ClN5O2/c1-12-17(20(28)26(24-12)15-6-4-3-5-7-15)11-22-25-13(2)23-18-10-14(21)8-9-16(18)19(25)27/h3-11,28H,1-2H3. The van der Waals surface area contributed by atoms with Crippen LogP contribution in [0.25, 0.3) is 16.6 Å². The van der Waals surface area contributed by atoms with Gasteiger partial charge in [-0.3, -0.25) is 4.79 Å². The minimum Gasteiger partial charge on any atom is -0.493 e. The molecule has 0 fully saturated rings. The lowest BCUT2D eigenvalue weighted by molar-refractivity contribution is 0.433. The number of hydrogen-bond donors (Lipinski definition) is 1. The first-order chi connectivity index (χ1) is 13.5. The summed E-state index contributed by atoms with van der Waals surface area (Å²) in [5, 5.41) is 20.1. The average Bonchev–Trinajstić information content (AvgIpc) is 2.96. The van der Waals surface area contributed by atoms with Crippen LogP contribution in [0.15, 0.2) is 58.4 Å². The zero-order valence-corrected chi connectivity index (χ0v) is 15.9. The smallest absolute Gasteiger partial charge is 0.282 e. The van der Waals surface area contributed by atoms with Crippen molar-refractivity contribution in [3.05, 3.63) is 81.0 Å². The van der Waals surface area contributed by atoms with E-state index in [9.17, 15) is 9.90 Å². The van der Waals surface area contributed by atoms with Crippen LogP contribution < -0.4 is 5.56 Å². The van der Waals surface area contributed by atoms with Crippen LogP contribution in [0.3, 0.4) is 0 Å². The van der Waals surface area contributed by atoms with Crippen LogP contribution in [-0.4, -0.2) is 30.8 Å². The van der Waals surface area contributed by atoms with Gasteiger partial charge in [0.1, 0.15) is 5.82 Å². The van der Waals surface area contributed by atoms with Gasteiger partial charge in [-0.2, -0.15) is 14.9 Å². The lowest BCUT2D eigenvalue weighted by atomic mass is 10.2. The predicted molar refractivity (Wildman–Crippen MR) is 109 cm³/mol. The minimum atomic E-state index is -0.317. The molecule has 140 valence electrons. The molecule has 2 aromatic heterocycles. The molecule has 0 spiro atoms. The molecule has 4 rings (SSSR count). The summed E-state index contributed by atoms with van der Waals surface area (Å²) in [5.41, 5.74) is 1.92. The highest BCUT2D eigenvalue weighted by atomic mass is 35.5. The summed E-state index contributed by atoms with van der Waals surface area (Å²) >= 11 is 5.98.